The van der Waals surface area contributed by atoms with Crippen LogP contribution in [0.5, 0.6) is 0 Å². The van der Waals surface area contributed by atoms with Gasteiger partial charge in [0.2, 0.25) is 10.0 Å². The van der Waals surface area contributed by atoms with Crippen LogP contribution in [0.4, 0.5) is 0 Å². The molecule has 1 heterocycles. The van der Waals surface area contributed by atoms with E-state index >= 15 is 0 Å². The molecule has 0 aliphatic heterocycles. The van der Waals surface area contributed by atoms with Crippen LogP contribution in [0.2, 0.25) is 5.02 Å². The summed E-state index contributed by atoms with van der Waals surface area (Å²) in [6, 6.07) is 15.6. The molecule has 0 aliphatic rings. The second-order valence-electron chi connectivity index (χ2n) is 6.21. The van der Waals surface area contributed by atoms with E-state index in [0.29, 0.717) is 22.4 Å². The van der Waals surface area contributed by atoms with Gasteiger partial charge in [0.15, 0.2) is 11.0 Å². The van der Waals surface area contributed by atoms with Crippen LogP contribution >= 0.6 is 23.4 Å². The molecule has 1 aromatic heterocycles. The average Bonchev–Trinajstić information content (AvgIpc) is 3.10. The number of thioether (sulfide) groups is 1. The Morgan fingerprint density at radius 1 is 1.07 bits per heavy atom. The fourth-order valence-electron chi connectivity index (χ4n) is 2.59. The summed E-state index contributed by atoms with van der Waals surface area (Å²) in [5.41, 5.74) is 3.02. The van der Waals surface area contributed by atoms with Crippen LogP contribution in [0.3, 0.4) is 0 Å². The zero-order valence-electron chi connectivity index (χ0n) is 15.6. The van der Waals surface area contributed by atoms with Gasteiger partial charge in [0.1, 0.15) is 0 Å². The van der Waals surface area contributed by atoms with E-state index in [9.17, 15) is 8.42 Å². The summed E-state index contributed by atoms with van der Waals surface area (Å²) in [5.74, 6) is 1.42. The van der Waals surface area contributed by atoms with Crippen LogP contribution in [0.1, 0.15) is 12.0 Å². The van der Waals surface area contributed by atoms with Gasteiger partial charge >= 0.3 is 0 Å². The van der Waals surface area contributed by atoms with E-state index in [-0.39, 0.29) is 5.75 Å². The molecule has 28 heavy (non-hydrogen) atoms. The van der Waals surface area contributed by atoms with Gasteiger partial charge in [-0.1, -0.05) is 53.2 Å². The molecule has 3 aromatic rings. The third-order valence-corrected chi connectivity index (χ3v) is 6.84. The first kappa shape index (κ1) is 20.9. The number of benzene rings is 2. The molecule has 1 N–H and O–H groups in total. The number of nitrogens with one attached hydrogen (secondary N) is 1. The summed E-state index contributed by atoms with van der Waals surface area (Å²) < 4.78 is 27.5. The number of nitrogens with zero attached hydrogens (tertiary/aromatic N) is 3. The highest BCUT2D eigenvalue weighted by molar-refractivity contribution is 7.99. The van der Waals surface area contributed by atoms with Gasteiger partial charge < -0.3 is 0 Å². The van der Waals surface area contributed by atoms with E-state index in [1.54, 1.807) is 0 Å². The molecule has 6 nitrogen and oxygen atoms in total. The number of sulfonamides is 1. The van der Waals surface area contributed by atoms with Crippen molar-refractivity contribution in [3.8, 4) is 17.1 Å². The standard InChI is InChI=1S/C19H21ClN4O2S2/c1-14-4-6-15(7-5-14)18-22-23-19(27-12-3-13-28(25,26)21-2)24(18)17-10-8-16(20)9-11-17/h4-11,21H,3,12-13H2,1-2H3. The highest BCUT2D eigenvalue weighted by atomic mass is 35.5. The maximum absolute atomic E-state index is 11.6. The normalized spacial score (nSPS) is 11.7. The largest absolute Gasteiger partial charge is 0.270 e. The summed E-state index contributed by atoms with van der Waals surface area (Å²) in [5, 5.41) is 10.1. The number of aryl methyl sites for hydroxylation is 1. The summed E-state index contributed by atoms with van der Waals surface area (Å²) >= 11 is 7.52. The average molecular weight is 437 g/mol. The van der Waals surface area contributed by atoms with Crippen molar-refractivity contribution in [3.63, 3.8) is 0 Å². The molecule has 0 atom stereocenters. The van der Waals surface area contributed by atoms with Gasteiger partial charge in [-0.15, -0.1) is 10.2 Å². The Kier molecular flexibility index (Phi) is 6.77. The Balaban J connectivity index is 1.89. The first-order chi connectivity index (χ1) is 13.4. The van der Waals surface area contributed by atoms with Crippen molar-refractivity contribution >= 4 is 33.4 Å². The summed E-state index contributed by atoms with van der Waals surface area (Å²) in [4.78, 5) is 0. The fraction of sp³-hybridized carbons (Fsp3) is 0.263. The van der Waals surface area contributed by atoms with Gasteiger partial charge in [-0.05, 0) is 44.7 Å². The van der Waals surface area contributed by atoms with Crippen molar-refractivity contribution in [1.29, 1.82) is 0 Å². The minimum atomic E-state index is -3.20. The summed E-state index contributed by atoms with van der Waals surface area (Å²) in [7, 11) is -1.78. The quantitative estimate of drug-likeness (QED) is 0.427. The maximum atomic E-state index is 11.6. The van der Waals surface area contributed by atoms with E-state index in [1.807, 2.05) is 60.0 Å². The molecule has 3 rings (SSSR count). The van der Waals surface area contributed by atoms with Gasteiger partial charge in [0, 0.05) is 22.0 Å². The molecular weight excluding hydrogens is 416 g/mol. The maximum Gasteiger partial charge on any atom is 0.211 e. The molecule has 0 aliphatic carbocycles. The molecule has 0 spiro atoms. The summed E-state index contributed by atoms with van der Waals surface area (Å²) in [6.07, 6.45) is 0.515. The van der Waals surface area contributed by atoms with Gasteiger partial charge in [-0.2, -0.15) is 0 Å². The lowest BCUT2D eigenvalue weighted by Crippen LogP contribution is -2.22. The van der Waals surface area contributed by atoms with Crippen molar-refractivity contribution in [2.24, 2.45) is 0 Å². The van der Waals surface area contributed by atoms with Gasteiger partial charge in [0.05, 0.1) is 5.75 Å². The minimum absolute atomic E-state index is 0.0798. The van der Waals surface area contributed by atoms with E-state index in [4.69, 9.17) is 11.6 Å². The van der Waals surface area contributed by atoms with Crippen LogP contribution < -0.4 is 4.72 Å². The Morgan fingerprint density at radius 3 is 2.39 bits per heavy atom. The van der Waals surface area contributed by atoms with Crippen LogP contribution in [0, 0.1) is 6.92 Å². The molecule has 2 aromatic carbocycles. The zero-order chi connectivity index (χ0) is 20.1. The lowest BCUT2D eigenvalue weighted by atomic mass is 10.1. The second kappa shape index (κ2) is 9.09. The number of hydrogen-bond acceptors (Lipinski definition) is 5. The minimum Gasteiger partial charge on any atom is -0.270 e. The Labute approximate surface area is 174 Å². The molecule has 0 amide bonds. The predicted molar refractivity (Wildman–Crippen MR) is 115 cm³/mol. The number of rotatable bonds is 8. The first-order valence-corrected chi connectivity index (χ1v) is 11.7. The molecule has 0 saturated carbocycles. The smallest absolute Gasteiger partial charge is 0.211 e. The fourth-order valence-corrected chi connectivity index (χ4v) is 4.52. The van der Waals surface area contributed by atoms with Gasteiger partial charge in [-0.3, -0.25) is 4.57 Å². The van der Waals surface area contributed by atoms with Crippen LogP contribution in [0.25, 0.3) is 17.1 Å². The lowest BCUT2D eigenvalue weighted by Gasteiger charge is -2.11. The SMILES string of the molecule is CNS(=O)(=O)CCCSc1nnc(-c2ccc(C)cc2)n1-c1ccc(Cl)cc1. The third-order valence-electron chi connectivity index (χ3n) is 4.13. The number of halogens is 1. The van der Waals surface area contributed by atoms with Crippen molar-refractivity contribution in [1.82, 2.24) is 19.5 Å². The van der Waals surface area contributed by atoms with Crippen LogP contribution in [-0.2, 0) is 10.0 Å². The Bertz CT molecular complexity index is 1030. The molecule has 148 valence electrons. The Morgan fingerprint density at radius 2 is 1.75 bits per heavy atom. The highest BCUT2D eigenvalue weighted by Gasteiger charge is 2.16. The van der Waals surface area contributed by atoms with E-state index < -0.39 is 10.0 Å². The topological polar surface area (TPSA) is 76.9 Å². The third kappa shape index (κ3) is 5.14. The molecule has 0 bridgehead atoms. The molecule has 0 radical (unpaired) electrons. The lowest BCUT2D eigenvalue weighted by molar-refractivity contribution is 0.587. The predicted octanol–water partition coefficient (Wildman–Crippen LogP) is 3.93. The molecule has 0 saturated heterocycles. The van der Waals surface area contributed by atoms with E-state index in [1.165, 1.54) is 24.4 Å². The van der Waals surface area contributed by atoms with Crippen molar-refractivity contribution < 1.29 is 8.42 Å². The van der Waals surface area contributed by atoms with Gasteiger partial charge in [-0.25, -0.2) is 13.1 Å². The molecular formula is C19H21ClN4O2S2. The summed E-state index contributed by atoms with van der Waals surface area (Å²) in [6.45, 7) is 2.04. The van der Waals surface area contributed by atoms with E-state index in [0.717, 1.165) is 17.1 Å². The van der Waals surface area contributed by atoms with Gasteiger partial charge in [0.25, 0.3) is 0 Å². The molecule has 0 unspecified atom stereocenters. The first-order valence-electron chi connectivity index (χ1n) is 8.72. The molecule has 9 heteroatoms. The number of aromatic nitrogens is 3. The van der Waals surface area contributed by atoms with Crippen LogP contribution in [0.15, 0.2) is 53.7 Å². The monoisotopic (exact) mass is 436 g/mol. The van der Waals surface area contributed by atoms with Crippen molar-refractivity contribution in [2.75, 3.05) is 18.6 Å². The van der Waals surface area contributed by atoms with Crippen molar-refractivity contribution in [2.45, 2.75) is 18.5 Å². The highest BCUT2D eigenvalue weighted by Crippen LogP contribution is 2.29. The molecule has 0 fully saturated rings. The zero-order valence-corrected chi connectivity index (χ0v) is 18.0. The van der Waals surface area contributed by atoms with Crippen molar-refractivity contribution in [3.05, 3.63) is 59.1 Å². The Hall–Kier alpha value is -1.87. The second-order valence-corrected chi connectivity index (χ2v) is 9.75. The number of hydrogen-bond donors (Lipinski definition) is 1. The van der Waals surface area contributed by atoms with E-state index in [2.05, 4.69) is 14.9 Å². The van der Waals surface area contributed by atoms with Crippen LogP contribution in [-0.4, -0.2) is 41.7 Å².